The van der Waals surface area contributed by atoms with Crippen LogP contribution in [0.2, 0.25) is 0 Å². The Morgan fingerprint density at radius 2 is 1.06 bits per heavy atom. The van der Waals surface area contributed by atoms with E-state index in [1.54, 1.807) is 0 Å². The molecule has 4 heteroatoms. The third-order valence-corrected chi connectivity index (χ3v) is 10.1. The summed E-state index contributed by atoms with van der Waals surface area (Å²) in [6.07, 6.45) is 0. The molecule has 0 amide bonds. The Labute approximate surface area is 277 Å². The van der Waals surface area contributed by atoms with E-state index in [1.165, 1.54) is 43.8 Å². The lowest BCUT2D eigenvalue weighted by Crippen LogP contribution is -2.14. The lowest BCUT2D eigenvalue weighted by atomic mass is 9.82. The Kier molecular flexibility index (Phi) is 5.59. The van der Waals surface area contributed by atoms with Crippen molar-refractivity contribution in [3.8, 4) is 45.3 Å². The van der Waals surface area contributed by atoms with Crippen LogP contribution in [-0.4, -0.2) is 15.0 Å². The highest BCUT2D eigenvalue weighted by molar-refractivity contribution is 6.26. The first kappa shape index (κ1) is 27.0. The van der Waals surface area contributed by atoms with Crippen LogP contribution in [0.15, 0.2) is 144 Å². The Bertz CT molecular complexity index is 2760. The molecule has 0 radical (unpaired) electrons. The normalized spacial score (nSPS) is 13.4. The van der Waals surface area contributed by atoms with E-state index in [0.29, 0.717) is 17.5 Å². The number of rotatable bonds is 3. The van der Waals surface area contributed by atoms with Gasteiger partial charge in [-0.1, -0.05) is 123 Å². The molecule has 0 aliphatic heterocycles. The molecule has 0 N–H and O–H groups in total. The third kappa shape index (κ3) is 3.93. The van der Waals surface area contributed by atoms with Crippen LogP contribution in [0.4, 0.5) is 0 Å². The molecule has 4 nitrogen and oxygen atoms in total. The maximum absolute atomic E-state index is 6.42. The molecule has 2 aromatic heterocycles. The van der Waals surface area contributed by atoms with Crippen molar-refractivity contribution in [3.63, 3.8) is 0 Å². The minimum Gasteiger partial charge on any atom is -0.456 e. The van der Waals surface area contributed by atoms with Gasteiger partial charge in [-0.15, -0.1) is 0 Å². The first-order chi connectivity index (χ1) is 23.5. The van der Waals surface area contributed by atoms with Crippen molar-refractivity contribution in [1.82, 2.24) is 15.0 Å². The van der Waals surface area contributed by atoms with Crippen LogP contribution in [0.1, 0.15) is 25.0 Å². The maximum atomic E-state index is 6.42. The molecule has 7 aromatic carbocycles. The largest absolute Gasteiger partial charge is 0.456 e. The Hall–Kier alpha value is -6.13. The van der Waals surface area contributed by atoms with Gasteiger partial charge in [-0.05, 0) is 68.7 Å². The molecule has 2 heterocycles. The lowest BCUT2D eigenvalue weighted by molar-refractivity contribution is 0.660. The van der Waals surface area contributed by atoms with Crippen molar-refractivity contribution in [2.75, 3.05) is 0 Å². The smallest absolute Gasteiger partial charge is 0.164 e. The molecule has 0 bridgehead atoms. The molecule has 0 atom stereocenters. The van der Waals surface area contributed by atoms with E-state index in [0.717, 1.165) is 38.6 Å². The van der Waals surface area contributed by atoms with Crippen LogP contribution in [0.5, 0.6) is 0 Å². The highest BCUT2D eigenvalue weighted by Crippen LogP contribution is 2.49. The fraction of sp³-hybridized carbons (Fsp3) is 0.0682. The van der Waals surface area contributed by atoms with Gasteiger partial charge in [0, 0.05) is 38.3 Å². The molecule has 0 spiro atoms. The summed E-state index contributed by atoms with van der Waals surface area (Å²) in [5, 5.41) is 6.96. The molecular weight excluding hydrogens is 587 g/mol. The van der Waals surface area contributed by atoms with Gasteiger partial charge in [0.1, 0.15) is 11.2 Å². The quantitative estimate of drug-likeness (QED) is 0.186. The first-order valence-electron chi connectivity index (χ1n) is 16.4. The van der Waals surface area contributed by atoms with E-state index in [2.05, 4.69) is 117 Å². The predicted molar refractivity (Wildman–Crippen MR) is 196 cm³/mol. The molecule has 0 unspecified atom stereocenters. The summed E-state index contributed by atoms with van der Waals surface area (Å²) in [5.74, 6) is 1.92. The van der Waals surface area contributed by atoms with Crippen LogP contribution < -0.4 is 0 Å². The number of benzene rings is 7. The Balaban J connectivity index is 1.20. The molecular formula is C44H29N3O. The van der Waals surface area contributed by atoms with E-state index >= 15 is 0 Å². The second kappa shape index (κ2) is 9.93. The topological polar surface area (TPSA) is 51.8 Å². The van der Waals surface area contributed by atoms with Gasteiger partial charge in [-0.25, -0.2) is 15.0 Å². The van der Waals surface area contributed by atoms with Crippen LogP contribution in [0.3, 0.4) is 0 Å². The van der Waals surface area contributed by atoms with Crippen LogP contribution in [0, 0.1) is 0 Å². The summed E-state index contributed by atoms with van der Waals surface area (Å²) in [7, 11) is 0. The van der Waals surface area contributed by atoms with Crippen LogP contribution in [-0.2, 0) is 5.41 Å². The van der Waals surface area contributed by atoms with E-state index < -0.39 is 0 Å². The second-order valence-electron chi connectivity index (χ2n) is 13.2. The SMILES string of the molecule is CC1(C)c2ccccc2-c2cc(-c3nc(-c4ccccc4)nc(-c4ccc5oc6ccc7ccc8ccccc8c7c6c5c4)n3)ccc21. The molecule has 0 fully saturated rings. The molecule has 0 saturated heterocycles. The highest BCUT2D eigenvalue weighted by Gasteiger charge is 2.35. The van der Waals surface area contributed by atoms with Gasteiger partial charge in [-0.3, -0.25) is 0 Å². The molecule has 48 heavy (non-hydrogen) atoms. The average molecular weight is 616 g/mol. The van der Waals surface area contributed by atoms with Gasteiger partial charge >= 0.3 is 0 Å². The summed E-state index contributed by atoms with van der Waals surface area (Å²) in [5.41, 5.74) is 9.65. The number of hydrogen-bond donors (Lipinski definition) is 0. The number of nitrogens with zero attached hydrogens (tertiary/aromatic N) is 3. The zero-order chi connectivity index (χ0) is 32.0. The molecule has 9 aromatic rings. The van der Waals surface area contributed by atoms with Crippen molar-refractivity contribution in [1.29, 1.82) is 0 Å². The second-order valence-corrected chi connectivity index (χ2v) is 13.2. The van der Waals surface area contributed by atoms with Crippen molar-refractivity contribution in [2.45, 2.75) is 19.3 Å². The number of aromatic nitrogens is 3. The molecule has 1 aliphatic carbocycles. The van der Waals surface area contributed by atoms with Gasteiger partial charge in [0.25, 0.3) is 0 Å². The number of furan rings is 1. The summed E-state index contributed by atoms with van der Waals surface area (Å²) in [6, 6.07) is 48.9. The summed E-state index contributed by atoms with van der Waals surface area (Å²) >= 11 is 0. The number of fused-ring (bicyclic) bond motifs is 10. The van der Waals surface area contributed by atoms with Crippen molar-refractivity contribution in [3.05, 3.63) is 151 Å². The van der Waals surface area contributed by atoms with Crippen LogP contribution in [0.25, 0.3) is 88.8 Å². The monoisotopic (exact) mass is 615 g/mol. The average Bonchev–Trinajstić information content (AvgIpc) is 3.63. The van der Waals surface area contributed by atoms with Crippen molar-refractivity contribution >= 4 is 43.5 Å². The lowest BCUT2D eigenvalue weighted by Gasteiger charge is -2.21. The minimum atomic E-state index is -0.0673. The van der Waals surface area contributed by atoms with E-state index in [9.17, 15) is 0 Å². The van der Waals surface area contributed by atoms with Gasteiger partial charge in [-0.2, -0.15) is 0 Å². The summed E-state index contributed by atoms with van der Waals surface area (Å²) in [6.45, 7) is 4.60. The van der Waals surface area contributed by atoms with E-state index in [4.69, 9.17) is 19.4 Å². The molecule has 10 rings (SSSR count). The zero-order valence-corrected chi connectivity index (χ0v) is 26.5. The van der Waals surface area contributed by atoms with Gasteiger partial charge in [0.05, 0.1) is 0 Å². The molecule has 226 valence electrons. The fourth-order valence-electron chi connectivity index (χ4n) is 7.71. The minimum absolute atomic E-state index is 0.0673. The third-order valence-electron chi connectivity index (χ3n) is 10.1. The maximum Gasteiger partial charge on any atom is 0.164 e. The fourth-order valence-corrected chi connectivity index (χ4v) is 7.71. The first-order valence-corrected chi connectivity index (χ1v) is 16.4. The highest BCUT2D eigenvalue weighted by atomic mass is 16.3. The van der Waals surface area contributed by atoms with Gasteiger partial charge < -0.3 is 4.42 Å². The summed E-state index contributed by atoms with van der Waals surface area (Å²) in [4.78, 5) is 15.3. The Morgan fingerprint density at radius 3 is 1.92 bits per heavy atom. The van der Waals surface area contributed by atoms with Crippen molar-refractivity contribution in [2.24, 2.45) is 0 Å². The van der Waals surface area contributed by atoms with Gasteiger partial charge in [0.2, 0.25) is 0 Å². The molecule has 1 aliphatic rings. The zero-order valence-electron chi connectivity index (χ0n) is 26.5. The van der Waals surface area contributed by atoms with Gasteiger partial charge in [0.15, 0.2) is 17.5 Å². The predicted octanol–water partition coefficient (Wildman–Crippen LogP) is 11.4. The Morgan fingerprint density at radius 1 is 0.438 bits per heavy atom. The standard InChI is InChI=1S/C44H29N3O/c1-44(2)35-15-9-8-14-32(35)33-24-29(18-21-36(33)44)42-45-41(28-11-4-3-5-12-28)46-43(47-42)30-20-22-37-34(25-30)40-38(48-37)23-19-27-17-16-26-10-6-7-13-31(26)39(27)40/h3-25H,1-2H3. The van der Waals surface area contributed by atoms with E-state index in [-0.39, 0.29) is 5.41 Å². The van der Waals surface area contributed by atoms with Crippen molar-refractivity contribution < 1.29 is 4.42 Å². The summed E-state index contributed by atoms with van der Waals surface area (Å²) < 4.78 is 6.42. The van der Waals surface area contributed by atoms with Crippen LogP contribution >= 0.6 is 0 Å². The number of hydrogen-bond acceptors (Lipinski definition) is 4. The van der Waals surface area contributed by atoms with E-state index in [1.807, 2.05) is 36.4 Å². The molecule has 0 saturated carbocycles.